The van der Waals surface area contributed by atoms with Crippen molar-refractivity contribution in [2.75, 3.05) is 13.1 Å². The lowest BCUT2D eigenvalue weighted by atomic mass is 9.86. The van der Waals surface area contributed by atoms with E-state index in [1.165, 1.54) is 16.5 Å². The minimum atomic E-state index is -0.282. The summed E-state index contributed by atoms with van der Waals surface area (Å²) in [6.45, 7) is 6.94. The molecule has 0 fully saturated rings. The first-order valence-electron chi connectivity index (χ1n) is 6.73. The Morgan fingerprint density at radius 2 is 1.70 bits per heavy atom. The lowest BCUT2D eigenvalue weighted by molar-refractivity contribution is -0.136. The molecule has 0 spiro atoms. The normalized spacial score (nSPS) is 15.8. The summed E-state index contributed by atoms with van der Waals surface area (Å²) in [7, 11) is 0. The highest BCUT2D eigenvalue weighted by Crippen LogP contribution is 2.27. The Morgan fingerprint density at radius 3 is 2.20 bits per heavy atom. The molecule has 2 amide bonds. The second kappa shape index (κ2) is 5.21. The van der Waals surface area contributed by atoms with Crippen LogP contribution in [0.15, 0.2) is 30.3 Å². The molecule has 4 heteroatoms. The number of imide groups is 1. The van der Waals surface area contributed by atoms with E-state index in [1.54, 1.807) is 0 Å². The van der Waals surface area contributed by atoms with E-state index in [4.69, 9.17) is 5.73 Å². The molecule has 1 aliphatic heterocycles. The standard InChI is InChI=1S/C16H20N2O2/c1-16(2,3)12-6-4-11(5-7-12)13-10-14(19)18(9-8-17)15(13)20/h4-7,10H,8-9,17H2,1-3H3. The Kier molecular flexibility index (Phi) is 3.77. The van der Waals surface area contributed by atoms with Gasteiger partial charge in [-0.05, 0) is 16.5 Å². The largest absolute Gasteiger partial charge is 0.329 e. The summed E-state index contributed by atoms with van der Waals surface area (Å²) in [6.07, 6.45) is 1.39. The average Bonchev–Trinajstić information content (AvgIpc) is 2.66. The summed E-state index contributed by atoms with van der Waals surface area (Å²) in [5.74, 6) is -0.542. The van der Waals surface area contributed by atoms with E-state index in [-0.39, 0.29) is 30.3 Å². The van der Waals surface area contributed by atoms with Crippen LogP contribution in [0.5, 0.6) is 0 Å². The molecule has 0 aliphatic carbocycles. The number of nitrogens with two attached hydrogens (primary N) is 1. The summed E-state index contributed by atoms with van der Waals surface area (Å²) in [6, 6.07) is 7.78. The molecule has 0 unspecified atom stereocenters. The third kappa shape index (κ3) is 2.65. The quantitative estimate of drug-likeness (QED) is 0.852. The van der Waals surface area contributed by atoms with Crippen LogP contribution in [0.1, 0.15) is 31.9 Å². The van der Waals surface area contributed by atoms with Crippen LogP contribution < -0.4 is 5.73 Å². The second-order valence-electron chi connectivity index (χ2n) is 5.97. The molecule has 0 aromatic heterocycles. The zero-order chi connectivity index (χ0) is 14.9. The molecule has 0 bridgehead atoms. The van der Waals surface area contributed by atoms with Gasteiger partial charge in [-0.15, -0.1) is 0 Å². The van der Waals surface area contributed by atoms with Gasteiger partial charge < -0.3 is 5.73 Å². The van der Waals surface area contributed by atoms with Crippen molar-refractivity contribution in [3.8, 4) is 0 Å². The molecule has 1 aromatic carbocycles. The Hall–Kier alpha value is -1.94. The summed E-state index contributed by atoms with van der Waals surface area (Å²) < 4.78 is 0. The molecule has 0 saturated heterocycles. The van der Waals surface area contributed by atoms with Gasteiger partial charge in [-0.3, -0.25) is 14.5 Å². The van der Waals surface area contributed by atoms with Crippen LogP contribution >= 0.6 is 0 Å². The van der Waals surface area contributed by atoms with Gasteiger partial charge in [-0.25, -0.2) is 0 Å². The van der Waals surface area contributed by atoms with Gasteiger partial charge in [0.1, 0.15) is 0 Å². The van der Waals surface area contributed by atoms with Crippen molar-refractivity contribution >= 4 is 17.4 Å². The zero-order valence-corrected chi connectivity index (χ0v) is 12.1. The molecule has 2 rings (SSSR count). The van der Waals surface area contributed by atoms with Crippen molar-refractivity contribution in [2.24, 2.45) is 5.73 Å². The highest BCUT2D eigenvalue weighted by molar-refractivity contribution is 6.33. The smallest absolute Gasteiger partial charge is 0.261 e. The Labute approximate surface area is 119 Å². The molecule has 1 heterocycles. The summed E-state index contributed by atoms with van der Waals surface area (Å²) >= 11 is 0. The molecule has 0 saturated carbocycles. The number of benzene rings is 1. The van der Waals surface area contributed by atoms with Gasteiger partial charge in [0.25, 0.3) is 11.8 Å². The third-order valence-electron chi connectivity index (χ3n) is 3.42. The number of hydrogen-bond donors (Lipinski definition) is 1. The third-order valence-corrected chi connectivity index (χ3v) is 3.42. The Morgan fingerprint density at radius 1 is 1.10 bits per heavy atom. The molecule has 0 atom stereocenters. The maximum Gasteiger partial charge on any atom is 0.261 e. The Balaban J connectivity index is 2.27. The summed E-state index contributed by atoms with van der Waals surface area (Å²) in [5.41, 5.74) is 7.89. The minimum absolute atomic E-state index is 0.0635. The molecular formula is C16H20N2O2. The van der Waals surface area contributed by atoms with E-state index in [0.29, 0.717) is 5.57 Å². The Bertz CT molecular complexity index is 565. The van der Waals surface area contributed by atoms with E-state index in [9.17, 15) is 9.59 Å². The first-order valence-corrected chi connectivity index (χ1v) is 6.73. The van der Waals surface area contributed by atoms with Crippen molar-refractivity contribution < 1.29 is 9.59 Å². The van der Waals surface area contributed by atoms with Crippen molar-refractivity contribution in [1.82, 2.24) is 4.90 Å². The molecule has 0 radical (unpaired) electrons. The first kappa shape index (κ1) is 14.5. The monoisotopic (exact) mass is 272 g/mol. The number of carbonyl (C=O) groups excluding carboxylic acids is 2. The zero-order valence-electron chi connectivity index (χ0n) is 12.1. The van der Waals surface area contributed by atoms with Crippen LogP contribution in [0, 0.1) is 0 Å². The van der Waals surface area contributed by atoms with Gasteiger partial charge in [0.2, 0.25) is 0 Å². The lowest BCUT2D eigenvalue weighted by Crippen LogP contribution is -2.35. The highest BCUT2D eigenvalue weighted by atomic mass is 16.2. The van der Waals surface area contributed by atoms with E-state index < -0.39 is 0 Å². The van der Waals surface area contributed by atoms with Gasteiger partial charge >= 0.3 is 0 Å². The van der Waals surface area contributed by atoms with Gasteiger partial charge in [-0.1, -0.05) is 45.0 Å². The minimum Gasteiger partial charge on any atom is -0.329 e. The molecule has 4 nitrogen and oxygen atoms in total. The molecule has 1 aromatic rings. The van der Waals surface area contributed by atoms with Crippen LogP contribution in [-0.4, -0.2) is 29.8 Å². The fraction of sp³-hybridized carbons (Fsp3) is 0.375. The maximum atomic E-state index is 12.2. The fourth-order valence-corrected chi connectivity index (χ4v) is 2.21. The number of nitrogens with zero attached hydrogens (tertiary/aromatic N) is 1. The van der Waals surface area contributed by atoms with Crippen LogP contribution in [0.25, 0.3) is 5.57 Å². The van der Waals surface area contributed by atoms with Crippen molar-refractivity contribution in [1.29, 1.82) is 0 Å². The summed E-state index contributed by atoms with van der Waals surface area (Å²) in [4.78, 5) is 25.1. The molecule has 2 N–H and O–H groups in total. The van der Waals surface area contributed by atoms with Gasteiger partial charge in [0, 0.05) is 19.2 Å². The van der Waals surface area contributed by atoms with E-state index in [2.05, 4.69) is 20.8 Å². The molecule has 1 aliphatic rings. The first-order chi connectivity index (χ1) is 9.34. The molecule has 20 heavy (non-hydrogen) atoms. The van der Waals surface area contributed by atoms with Crippen LogP contribution in [0.3, 0.4) is 0 Å². The summed E-state index contributed by atoms with van der Waals surface area (Å²) in [5, 5.41) is 0. The molecule has 106 valence electrons. The number of rotatable bonds is 3. The lowest BCUT2D eigenvalue weighted by Gasteiger charge is -2.19. The maximum absolute atomic E-state index is 12.2. The van der Waals surface area contributed by atoms with E-state index >= 15 is 0 Å². The predicted molar refractivity (Wildman–Crippen MR) is 78.9 cm³/mol. The molecular weight excluding hydrogens is 252 g/mol. The van der Waals surface area contributed by atoms with Crippen molar-refractivity contribution in [3.63, 3.8) is 0 Å². The van der Waals surface area contributed by atoms with Gasteiger partial charge in [-0.2, -0.15) is 0 Å². The topological polar surface area (TPSA) is 63.4 Å². The van der Waals surface area contributed by atoms with Gasteiger partial charge in [0.15, 0.2) is 0 Å². The van der Waals surface area contributed by atoms with Crippen LogP contribution in [-0.2, 0) is 15.0 Å². The van der Waals surface area contributed by atoms with E-state index in [0.717, 1.165) is 5.56 Å². The number of carbonyl (C=O) groups is 2. The SMILES string of the molecule is CC(C)(C)c1ccc(C2=CC(=O)N(CCN)C2=O)cc1. The fourth-order valence-electron chi connectivity index (χ4n) is 2.21. The predicted octanol–water partition coefficient (Wildman–Crippen LogP) is 1.69. The average molecular weight is 272 g/mol. The van der Waals surface area contributed by atoms with Crippen LogP contribution in [0.4, 0.5) is 0 Å². The van der Waals surface area contributed by atoms with Crippen molar-refractivity contribution in [2.45, 2.75) is 26.2 Å². The van der Waals surface area contributed by atoms with Crippen molar-refractivity contribution in [3.05, 3.63) is 41.5 Å². The number of amides is 2. The highest BCUT2D eigenvalue weighted by Gasteiger charge is 2.31. The second-order valence-corrected chi connectivity index (χ2v) is 5.97. The van der Waals surface area contributed by atoms with E-state index in [1.807, 2.05) is 24.3 Å². The van der Waals surface area contributed by atoms with Gasteiger partial charge in [0.05, 0.1) is 5.57 Å². The number of hydrogen-bond acceptors (Lipinski definition) is 3. The van der Waals surface area contributed by atoms with Crippen LogP contribution in [0.2, 0.25) is 0 Å².